The van der Waals surface area contributed by atoms with E-state index < -0.39 is 249 Å². The van der Waals surface area contributed by atoms with E-state index in [9.17, 15) is 102 Å². The monoisotopic (exact) mass is 1310 g/mol. The Bertz CT molecular complexity index is 2680. The third-order valence-electron chi connectivity index (χ3n) is 13.6. The lowest BCUT2D eigenvalue weighted by Gasteiger charge is -2.29. The first kappa shape index (κ1) is 82.4. The van der Waals surface area contributed by atoms with Gasteiger partial charge in [-0.05, 0) is 77.7 Å². The van der Waals surface area contributed by atoms with E-state index in [1.54, 1.807) is 20.8 Å². The summed E-state index contributed by atoms with van der Waals surface area (Å²) in [6, 6.07) is -20.1. The maximum Gasteiger partial charge on any atom is 0.325 e. The van der Waals surface area contributed by atoms with Crippen molar-refractivity contribution in [1.82, 2.24) is 58.5 Å². The van der Waals surface area contributed by atoms with E-state index in [2.05, 4.69) is 47.9 Å². The van der Waals surface area contributed by atoms with Crippen LogP contribution in [0.2, 0.25) is 0 Å². The second kappa shape index (κ2) is 41.6. The predicted molar refractivity (Wildman–Crippen MR) is 318 cm³/mol. The summed E-state index contributed by atoms with van der Waals surface area (Å²) in [6.45, 7) is 9.95. The van der Waals surface area contributed by atoms with Gasteiger partial charge in [0.15, 0.2) is 0 Å². The van der Waals surface area contributed by atoms with Gasteiger partial charge in [-0.15, -0.1) is 0 Å². The van der Waals surface area contributed by atoms with Gasteiger partial charge in [-0.3, -0.25) is 86.3 Å². The summed E-state index contributed by atoms with van der Waals surface area (Å²) in [7, 11) is 0. The highest BCUT2D eigenvalue weighted by Crippen LogP contribution is 2.13. The number of nitrogens with one attached hydrogen (secondary N) is 11. The van der Waals surface area contributed by atoms with Gasteiger partial charge in [-0.25, -0.2) is 0 Å². The van der Waals surface area contributed by atoms with Crippen LogP contribution in [0.1, 0.15) is 138 Å². The number of nitrogens with two attached hydrogens (primary N) is 5. The highest BCUT2D eigenvalue weighted by Gasteiger charge is 2.38. The summed E-state index contributed by atoms with van der Waals surface area (Å²) >= 11 is 0. The van der Waals surface area contributed by atoms with Gasteiger partial charge >= 0.3 is 23.9 Å². The van der Waals surface area contributed by atoms with E-state index in [0.717, 1.165) is 20.8 Å². The molecular formula is C54H90N16O22. The van der Waals surface area contributed by atoms with Crippen molar-refractivity contribution in [2.45, 2.75) is 211 Å². The number of aliphatic carboxylic acids is 4. The summed E-state index contributed by atoms with van der Waals surface area (Å²) < 4.78 is 0. The fourth-order valence-corrected chi connectivity index (χ4v) is 8.20. The highest BCUT2D eigenvalue weighted by atomic mass is 16.4. The van der Waals surface area contributed by atoms with Crippen LogP contribution >= 0.6 is 0 Å². The van der Waals surface area contributed by atoms with Crippen LogP contribution in [0, 0.1) is 11.8 Å². The molecule has 38 heteroatoms. The second-order valence-corrected chi connectivity index (χ2v) is 22.2. The molecule has 13 atom stereocenters. The van der Waals surface area contributed by atoms with E-state index in [-0.39, 0.29) is 19.3 Å². The van der Waals surface area contributed by atoms with Gasteiger partial charge < -0.3 is 108 Å². The number of unbranched alkanes of at least 4 members (excludes halogenated alkanes) is 1. The van der Waals surface area contributed by atoms with Gasteiger partial charge in [0.25, 0.3) is 0 Å². The van der Waals surface area contributed by atoms with Crippen LogP contribution in [0.4, 0.5) is 0 Å². The van der Waals surface area contributed by atoms with E-state index in [1.165, 1.54) is 6.92 Å². The van der Waals surface area contributed by atoms with Crippen molar-refractivity contribution in [2.24, 2.45) is 40.5 Å². The van der Waals surface area contributed by atoms with Crippen LogP contribution < -0.4 is 87.2 Å². The first-order chi connectivity index (χ1) is 42.7. The molecule has 0 aliphatic carbocycles. The van der Waals surface area contributed by atoms with Gasteiger partial charge in [0.2, 0.25) is 82.7 Å². The zero-order valence-electron chi connectivity index (χ0n) is 52.2. The van der Waals surface area contributed by atoms with Crippen LogP contribution in [0.3, 0.4) is 0 Å². The van der Waals surface area contributed by atoms with Crippen molar-refractivity contribution >= 4 is 107 Å². The molecule has 0 aromatic rings. The lowest BCUT2D eigenvalue weighted by molar-refractivity contribution is -0.143. The van der Waals surface area contributed by atoms with Crippen molar-refractivity contribution in [1.29, 1.82) is 0 Å². The Hall–Kier alpha value is -9.62. The molecule has 0 unspecified atom stereocenters. The molecule has 518 valence electrons. The Kier molecular flexibility index (Phi) is 37.3. The first-order valence-electron chi connectivity index (χ1n) is 29.3. The zero-order chi connectivity index (χ0) is 70.9. The van der Waals surface area contributed by atoms with E-state index in [4.69, 9.17) is 33.8 Å². The molecule has 25 N–H and O–H groups in total. The first-order valence-corrected chi connectivity index (χ1v) is 29.3. The molecule has 0 aromatic heterocycles. The van der Waals surface area contributed by atoms with Crippen molar-refractivity contribution in [3.05, 3.63) is 0 Å². The lowest BCUT2D eigenvalue weighted by Crippen LogP contribution is -2.61. The van der Waals surface area contributed by atoms with Crippen LogP contribution in [0.25, 0.3) is 0 Å². The number of amides is 14. The van der Waals surface area contributed by atoms with Crippen molar-refractivity contribution in [3.8, 4) is 0 Å². The Balaban J connectivity index is 6.74. The lowest BCUT2D eigenvalue weighted by atomic mass is 9.97. The van der Waals surface area contributed by atoms with Gasteiger partial charge in [0.05, 0.1) is 25.3 Å². The largest absolute Gasteiger partial charge is 0.481 e. The van der Waals surface area contributed by atoms with E-state index in [0.29, 0.717) is 19.4 Å². The van der Waals surface area contributed by atoms with E-state index >= 15 is 0 Å². The predicted octanol–water partition coefficient (Wildman–Crippen LogP) is -7.77. The molecule has 0 radical (unpaired) electrons. The molecule has 0 fully saturated rings. The van der Waals surface area contributed by atoms with Gasteiger partial charge in [0, 0.05) is 19.3 Å². The van der Waals surface area contributed by atoms with E-state index in [1.807, 2.05) is 10.6 Å². The highest BCUT2D eigenvalue weighted by molar-refractivity contribution is 6.01. The Morgan fingerprint density at radius 2 is 0.663 bits per heavy atom. The molecule has 0 bridgehead atoms. The zero-order valence-corrected chi connectivity index (χ0v) is 52.2. The normalized spacial score (nSPS) is 15.2. The third kappa shape index (κ3) is 32.7. The Morgan fingerprint density at radius 1 is 0.359 bits per heavy atom. The van der Waals surface area contributed by atoms with Crippen molar-refractivity contribution < 1.29 is 107 Å². The Morgan fingerprint density at radius 3 is 1.02 bits per heavy atom. The number of hydrogen-bond acceptors (Lipinski definition) is 20. The topological polar surface area (TPSA) is 651 Å². The van der Waals surface area contributed by atoms with Crippen molar-refractivity contribution in [3.63, 3.8) is 0 Å². The van der Waals surface area contributed by atoms with Gasteiger partial charge in [-0.1, -0.05) is 40.5 Å². The molecule has 0 aromatic carbocycles. The average Bonchev–Trinajstić information content (AvgIpc) is 0.934. The number of carbonyl (C=O) groups excluding carboxylic acids is 14. The quantitative estimate of drug-likeness (QED) is 0.0252. The molecule has 0 spiro atoms. The van der Waals surface area contributed by atoms with Gasteiger partial charge in [-0.2, -0.15) is 0 Å². The minimum absolute atomic E-state index is 0.129. The summed E-state index contributed by atoms with van der Waals surface area (Å²) in [5.74, 6) is -23.2. The summed E-state index contributed by atoms with van der Waals surface area (Å²) in [5, 5.41) is 62.4. The number of carboxylic acid groups (broad SMARTS) is 4. The molecule has 0 heterocycles. The molecule has 14 amide bonds. The molecule has 0 rings (SSSR count). The molecule has 0 aliphatic heterocycles. The van der Waals surface area contributed by atoms with Crippen LogP contribution in [0.15, 0.2) is 0 Å². The summed E-state index contributed by atoms with van der Waals surface area (Å²) in [4.78, 5) is 232. The Labute approximate surface area is 528 Å². The van der Waals surface area contributed by atoms with Crippen LogP contribution in [-0.4, -0.2) is 206 Å². The fraction of sp³-hybridized carbons (Fsp3) is 0.667. The third-order valence-corrected chi connectivity index (χ3v) is 13.6. The number of primary amides is 3. The fourth-order valence-electron chi connectivity index (χ4n) is 8.20. The molecule has 38 nitrogen and oxygen atoms in total. The molecule has 0 saturated carbocycles. The number of hydrogen-bond donors (Lipinski definition) is 20. The maximum absolute atomic E-state index is 14.2. The van der Waals surface area contributed by atoms with Crippen LogP contribution in [0.5, 0.6) is 0 Å². The molecular weight excluding hydrogens is 1220 g/mol. The minimum Gasteiger partial charge on any atom is -0.481 e. The molecule has 92 heavy (non-hydrogen) atoms. The summed E-state index contributed by atoms with van der Waals surface area (Å²) in [5.41, 5.74) is 27.4. The maximum atomic E-state index is 14.2. The summed E-state index contributed by atoms with van der Waals surface area (Å²) in [6.07, 6.45) is -5.45. The second-order valence-electron chi connectivity index (χ2n) is 22.2. The molecule has 0 aliphatic rings. The standard InChI is InChI=1S/C54H90N16O22/c1-8-24(4)42(53(90)61-26(6)44(81)66-33(20-39(74)75)50(87)62-27(7)54(91)92)70-48(85)31(14-17-38(59)73)65-51(88)32(19-23(2)3)67-46(83)29(12-15-36(57)71)63-43(80)25(5)60-49(86)34(21-40(76)77)69-52(89)35(22-41(78)79)68-47(84)30(13-16-37(58)72)64-45(82)28(56)11-9-10-18-55/h23-35,42H,8-22,55-56H2,1-7H3,(H2,57,71)(H2,58,72)(H2,59,73)(H,60,86)(H,61,90)(H,62,87)(H,63,80)(H,64,82)(H,65,88)(H,66,81)(H,67,83)(H,68,84)(H,69,89)(H,70,85)(H,74,75)(H,76,77)(H,78,79)(H,91,92)/t24-,25-,26-,27-,28-,29-,30-,31-,32-,33-,34-,35-,42-/m0/s1. The van der Waals surface area contributed by atoms with Crippen LogP contribution in [-0.2, 0) is 86.3 Å². The van der Waals surface area contributed by atoms with Crippen molar-refractivity contribution in [2.75, 3.05) is 6.54 Å². The molecule has 0 saturated heterocycles. The number of carbonyl (C=O) groups is 18. The smallest absolute Gasteiger partial charge is 0.325 e. The van der Waals surface area contributed by atoms with Gasteiger partial charge in [0.1, 0.15) is 66.5 Å². The minimum atomic E-state index is -2.12. The average molecular weight is 1320 g/mol. The number of rotatable bonds is 46. The SMILES string of the molecule is CC[C@H](C)[C@H](NC(=O)[C@H](CCC(N)=O)NC(=O)[C@H](CC(C)C)NC(=O)[C@H](CCC(N)=O)NC(=O)[C@H](C)NC(=O)[C@H](CC(=O)O)NC(=O)[C@H](CC(=O)O)NC(=O)[C@H](CCC(N)=O)NC(=O)[C@@H](N)CCCCN)C(=O)N[C@@H](C)C(=O)N[C@@H](CC(=O)O)C(=O)N[C@@H](C)C(=O)O. The number of carboxylic acids is 4.